The number of sulfonamides is 1. The van der Waals surface area contributed by atoms with E-state index in [4.69, 9.17) is 0 Å². The topological polar surface area (TPSA) is 63.2 Å². The highest BCUT2D eigenvalue weighted by molar-refractivity contribution is 7.89. The third-order valence-electron chi connectivity index (χ3n) is 3.36. The van der Waals surface area contributed by atoms with Crippen molar-refractivity contribution in [3.8, 4) is 0 Å². The van der Waals surface area contributed by atoms with E-state index in [9.17, 15) is 12.8 Å². The van der Waals surface area contributed by atoms with Gasteiger partial charge >= 0.3 is 0 Å². The molecule has 0 aromatic carbocycles. The molecule has 0 spiro atoms. The summed E-state index contributed by atoms with van der Waals surface area (Å²) in [5, 5.41) is 6.43. The molecule has 0 radical (unpaired) electrons. The smallest absolute Gasteiger partial charge is 0.205 e. The Kier molecular flexibility index (Phi) is 4.11. The van der Waals surface area contributed by atoms with Gasteiger partial charge in [-0.3, -0.25) is 0 Å². The maximum absolute atomic E-state index is 12.7. The van der Waals surface area contributed by atoms with E-state index < -0.39 is 16.0 Å². The monoisotopic (exact) mass is 301 g/mol. The van der Waals surface area contributed by atoms with Crippen molar-refractivity contribution >= 4 is 10.0 Å². The van der Waals surface area contributed by atoms with Gasteiger partial charge in [-0.2, -0.15) is 8.70 Å². The van der Waals surface area contributed by atoms with E-state index in [0.29, 0.717) is 19.0 Å². The molecule has 1 atom stereocenters. The van der Waals surface area contributed by atoms with Crippen LogP contribution in [0.2, 0.25) is 0 Å². The molecular formula is C13H20FN3O2S. The molecule has 1 aromatic heterocycles. The highest BCUT2D eigenvalue weighted by Gasteiger charge is 2.35. The molecule has 1 aliphatic heterocycles. The van der Waals surface area contributed by atoms with Crippen LogP contribution in [0.25, 0.3) is 0 Å². The van der Waals surface area contributed by atoms with Crippen LogP contribution in [-0.2, 0) is 10.0 Å². The van der Waals surface area contributed by atoms with Gasteiger partial charge in [0.15, 0.2) is 5.03 Å². The number of halogens is 1. The second kappa shape index (κ2) is 5.37. The maximum atomic E-state index is 12.7. The molecule has 1 aliphatic rings. The van der Waals surface area contributed by atoms with E-state index in [2.05, 4.69) is 31.0 Å². The summed E-state index contributed by atoms with van der Waals surface area (Å²) in [4.78, 5) is 0. The van der Waals surface area contributed by atoms with E-state index in [-0.39, 0.29) is 10.4 Å². The number of hydrogen-bond acceptors (Lipinski definition) is 4. The molecule has 1 aromatic rings. The maximum Gasteiger partial charge on any atom is 0.262 e. The van der Waals surface area contributed by atoms with Crippen LogP contribution in [0.4, 0.5) is 4.39 Å². The fraction of sp³-hybridized carbons (Fsp3) is 0.692. The predicted octanol–water partition coefficient (Wildman–Crippen LogP) is 2.06. The van der Waals surface area contributed by atoms with Gasteiger partial charge in [0, 0.05) is 13.1 Å². The van der Waals surface area contributed by atoms with Gasteiger partial charge < -0.3 is 0 Å². The van der Waals surface area contributed by atoms with Crippen molar-refractivity contribution in [2.45, 2.75) is 38.6 Å². The highest BCUT2D eigenvalue weighted by Crippen LogP contribution is 2.32. The molecule has 1 saturated heterocycles. The van der Waals surface area contributed by atoms with Crippen LogP contribution in [0, 0.1) is 17.3 Å². The summed E-state index contributed by atoms with van der Waals surface area (Å²) in [7, 11) is -3.65. The van der Waals surface area contributed by atoms with Crippen molar-refractivity contribution in [1.29, 1.82) is 0 Å². The van der Waals surface area contributed by atoms with Crippen molar-refractivity contribution in [2.24, 2.45) is 11.3 Å². The Bertz CT molecular complexity index is 566. The highest BCUT2D eigenvalue weighted by atomic mass is 32.2. The Morgan fingerprint density at radius 3 is 2.60 bits per heavy atom. The molecule has 1 fully saturated rings. The Morgan fingerprint density at radius 2 is 2.05 bits per heavy atom. The zero-order chi connectivity index (χ0) is 15.0. The van der Waals surface area contributed by atoms with Gasteiger partial charge in [-0.05, 0) is 36.3 Å². The van der Waals surface area contributed by atoms with Gasteiger partial charge in [-0.15, -0.1) is 10.2 Å². The summed E-state index contributed by atoms with van der Waals surface area (Å²) < 4.78 is 38.9. The minimum atomic E-state index is -3.65. The van der Waals surface area contributed by atoms with Gasteiger partial charge in [-0.25, -0.2) is 8.42 Å². The third kappa shape index (κ3) is 3.52. The lowest BCUT2D eigenvalue weighted by Gasteiger charge is -2.23. The zero-order valence-electron chi connectivity index (χ0n) is 12.0. The average molecular weight is 301 g/mol. The van der Waals surface area contributed by atoms with Gasteiger partial charge in [-0.1, -0.05) is 20.8 Å². The Morgan fingerprint density at radius 1 is 1.35 bits per heavy atom. The minimum absolute atomic E-state index is 0.181. The molecule has 20 heavy (non-hydrogen) atoms. The van der Waals surface area contributed by atoms with Crippen LogP contribution in [0.5, 0.6) is 0 Å². The lowest BCUT2D eigenvalue weighted by molar-refractivity contribution is 0.299. The SMILES string of the molecule is CC(C)(C)CC1CCN(S(=O)(=O)c2ccc(F)nn2)C1. The first-order valence-electron chi connectivity index (χ1n) is 6.68. The van der Waals surface area contributed by atoms with Gasteiger partial charge in [0.25, 0.3) is 10.0 Å². The van der Waals surface area contributed by atoms with E-state index in [1.807, 2.05) is 0 Å². The van der Waals surface area contributed by atoms with E-state index in [0.717, 1.165) is 25.0 Å². The summed E-state index contributed by atoms with van der Waals surface area (Å²) in [5.74, 6) is -0.422. The molecule has 0 saturated carbocycles. The largest absolute Gasteiger partial charge is 0.262 e. The number of nitrogens with zero attached hydrogens (tertiary/aromatic N) is 3. The minimum Gasteiger partial charge on any atom is -0.205 e. The number of hydrogen-bond donors (Lipinski definition) is 0. The molecule has 2 heterocycles. The van der Waals surface area contributed by atoms with Crippen LogP contribution < -0.4 is 0 Å². The Labute approximate surface area is 119 Å². The molecule has 2 rings (SSSR count). The normalized spacial score (nSPS) is 21.3. The van der Waals surface area contributed by atoms with Crippen molar-refractivity contribution in [2.75, 3.05) is 13.1 Å². The molecule has 0 N–H and O–H groups in total. The van der Waals surface area contributed by atoms with E-state index >= 15 is 0 Å². The molecule has 112 valence electrons. The van der Waals surface area contributed by atoms with E-state index in [1.54, 1.807) is 0 Å². The standard InChI is InChI=1S/C13H20FN3O2S/c1-13(2,3)8-10-6-7-17(9-10)20(18,19)12-5-4-11(14)15-16-12/h4-5,10H,6-9H2,1-3H3. The van der Waals surface area contributed by atoms with Crippen LogP contribution in [0.15, 0.2) is 17.2 Å². The van der Waals surface area contributed by atoms with Gasteiger partial charge in [0.2, 0.25) is 5.95 Å². The third-order valence-corrected chi connectivity index (χ3v) is 5.12. The predicted molar refractivity (Wildman–Crippen MR) is 72.9 cm³/mol. The van der Waals surface area contributed by atoms with Crippen molar-refractivity contribution in [1.82, 2.24) is 14.5 Å². The first kappa shape index (κ1) is 15.3. The van der Waals surface area contributed by atoms with Crippen LogP contribution >= 0.6 is 0 Å². The summed E-state index contributed by atoms with van der Waals surface area (Å²) in [5.41, 5.74) is 0.181. The first-order chi connectivity index (χ1) is 9.18. The second-order valence-corrected chi connectivity index (χ2v) is 8.36. The zero-order valence-corrected chi connectivity index (χ0v) is 12.8. The van der Waals surface area contributed by atoms with Crippen LogP contribution in [0.1, 0.15) is 33.6 Å². The van der Waals surface area contributed by atoms with Crippen molar-refractivity contribution in [3.63, 3.8) is 0 Å². The molecule has 0 amide bonds. The van der Waals surface area contributed by atoms with Crippen molar-refractivity contribution in [3.05, 3.63) is 18.1 Å². The fourth-order valence-corrected chi connectivity index (χ4v) is 4.02. The molecular weight excluding hydrogens is 281 g/mol. The van der Waals surface area contributed by atoms with Crippen LogP contribution in [0.3, 0.4) is 0 Å². The molecule has 5 nitrogen and oxygen atoms in total. The lowest BCUT2D eigenvalue weighted by atomic mass is 9.84. The van der Waals surface area contributed by atoms with E-state index in [1.165, 1.54) is 4.31 Å². The number of aromatic nitrogens is 2. The average Bonchev–Trinajstić information content (AvgIpc) is 2.76. The number of rotatable bonds is 3. The van der Waals surface area contributed by atoms with Gasteiger partial charge in [0.1, 0.15) is 0 Å². The molecule has 0 aliphatic carbocycles. The fourth-order valence-electron chi connectivity index (χ4n) is 2.62. The lowest BCUT2D eigenvalue weighted by Crippen LogP contribution is -2.30. The van der Waals surface area contributed by atoms with Crippen LogP contribution in [-0.4, -0.2) is 36.0 Å². The molecule has 1 unspecified atom stereocenters. The summed E-state index contributed by atoms with van der Waals surface area (Å²) >= 11 is 0. The summed E-state index contributed by atoms with van der Waals surface area (Å²) in [6.07, 6.45) is 1.83. The summed E-state index contributed by atoms with van der Waals surface area (Å²) in [6.45, 7) is 7.43. The second-order valence-electron chi connectivity index (χ2n) is 6.48. The van der Waals surface area contributed by atoms with Crippen molar-refractivity contribution < 1.29 is 12.8 Å². The molecule has 0 bridgehead atoms. The molecule has 7 heteroatoms. The quantitative estimate of drug-likeness (QED) is 0.857. The first-order valence-corrected chi connectivity index (χ1v) is 8.12. The summed E-state index contributed by atoms with van der Waals surface area (Å²) in [6, 6.07) is 2.18. The van der Waals surface area contributed by atoms with Gasteiger partial charge in [0.05, 0.1) is 0 Å². The Hall–Kier alpha value is -1.08. The Balaban J connectivity index is 2.11.